The third kappa shape index (κ3) is 20.3. The Balaban J connectivity index is -0.000000196. The summed E-state index contributed by atoms with van der Waals surface area (Å²) in [6, 6.07) is 3.50. The van der Waals surface area contributed by atoms with Crippen LogP contribution >= 0.6 is 0 Å². The van der Waals surface area contributed by atoms with Gasteiger partial charge in [0.1, 0.15) is 0 Å². The molecule has 1 aromatic heterocycles. The number of aliphatic hydroxyl groups is 1. The molecule has 3 N–H and O–H groups in total. The van der Waals surface area contributed by atoms with Gasteiger partial charge in [0, 0.05) is 24.6 Å². The largest absolute Gasteiger partial charge is 0.399 e. The van der Waals surface area contributed by atoms with E-state index in [9.17, 15) is 0 Å². The number of aliphatic hydroxyl groups excluding tert-OH is 1. The minimum Gasteiger partial charge on any atom is -0.399 e. The average molecular weight is 257 g/mol. The molecular formula is C14H31N3O. The number of nitrogen functional groups attached to an aromatic ring is 1. The van der Waals surface area contributed by atoms with Gasteiger partial charge in [0.2, 0.25) is 0 Å². The zero-order chi connectivity index (χ0) is 14.8. The molecule has 0 radical (unpaired) electrons. The second-order valence-electron chi connectivity index (χ2n) is 2.90. The molecule has 0 aliphatic heterocycles. The maximum absolute atomic E-state index is 8.33. The highest BCUT2D eigenvalue weighted by molar-refractivity contribution is 5.33. The van der Waals surface area contributed by atoms with E-state index >= 15 is 0 Å². The van der Waals surface area contributed by atoms with Gasteiger partial charge in [-0.05, 0) is 25.7 Å². The fraction of sp³-hybridized carbons (Fsp3) is 0.643. The zero-order valence-corrected chi connectivity index (χ0v) is 12.8. The molecule has 0 atom stereocenters. The molecule has 0 bridgehead atoms. The maximum atomic E-state index is 8.33. The molecule has 0 aromatic carbocycles. The van der Waals surface area contributed by atoms with Gasteiger partial charge in [-0.1, -0.05) is 34.6 Å². The van der Waals surface area contributed by atoms with Gasteiger partial charge in [-0.15, -0.1) is 0 Å². The predicted molar refractivity (Wildman–Crippen MR) is 81.6 cm³/mol. The predicted octanol–water partition coefficient (Wildman–Crippen LogP) is 2.65. The number of anilines is 1. The smallest absolute Gasteiger partial charge is 0.0558 e. The van der Waals surface area contributed by atoms with E-state index < -0.39 is 0 Å². The molecule has 1 aromatic rings. The first-order valence-electron chi connectivity index (χ1n) is 6.65. The Morgan fingerprint density at radius 3 is 1.78 bits per heavy atom. The van der Waals surface area contributed by atoms with Gasteiger partial charge in [-0.2, -0.15) is 0 Å². The molecule has 0 aliphatic rings. The highest BCUT2D eigenvalue weighted by Crippen LogP contribution is 1.92. The summed E-state index contributed by atoms with van der Waals surface area (Å²) in [5.41, 5.74) is 6.08. The lowest BCUT2D eigenvalue weighted by Gasteiger charge is -2.09. The van der Waals surface area contributed by atoms with Crippen LogP contribution in [-0.4, -0.2) is 41.7 Å². The van der Waals surface area contributed by atoms with E-state index in [0.717, 1.165) is 18.8 Å². The van der Waals surface area contributed by atoms with Crippen LogP contribution in [0.25, 0.3) is 0 Å². The highest BCUT2D eigenvalue weighted by Gasteiger charge is 1.87. The number of nitrogens with zero attached hydrogens (tertiary/aromatic N) is 2. The fourth-order valence-electron chi connectivity index (χ4n) is 0.692. The van der Waals surface area contributed by atoms with Gasteiger partial charge in [-0.25, -0.2) is 0 Å². The normalized spacial score (nSPS) is 8.00. The van der Waals surface area contributed by atoms with Crippen LogP contribution in [0.5, 0.6) is 0 Å². The molecule has 4 heteroatoms. The first-order valence-corrected chi connectivity index (χ1v) is 6.65. The Bertz CT molecular complexity index is 218. The number of pyridine rings is 1. The molecule has 0 amide bonds. The Labute approximate surface area is 113 Å². The summed E-state index contributed by atoms with van der Waals surface area (Å²) >= 11 is 0. The Kier molecular flexibility index (Phi) is 26.0. The standard InChI is InChI=1S/C5H6N2.C5H13NO.2C2H6/c6-5-1-3-7-4-2-5;1-3-6(2)4-5-7;2*1-2/h1-4H,(H2,6,7);7H,3-5H2,1-2H3;2*1-2H3. The lowest BCUT2D eigenvalue weighted by atomic mass is 10.4. The Morgan fingerprint density at radius 1 is 1.17 bits per heavy atom. The third-order valence-corrected chi connectivity index (χ3v) is 1.73. The van der Waals surface area contributed by atoms with Crippen molar-refractivity contribution in [3.05, 3.63) is 24.5 Å². The monoisotopic (exact) mass is 257 g/mol. The number of likely N-dealkylation sites (N-methyl/N-ethyl adjacent to an activating group) is 1. The number of aromatic nitrogens is 1. The van der Waals surface area contributed by atoms with Crippen molar-refractivity contribution in [2.24, 2.45) is 0 Å². The molecule has 0 saturated heterocycles. The summed E-state index contributed by atoms with van der Waals surface area (Å²) in [5, 5.41) is 8.33. The van der Waals surface area contributed by atoms with Gasteiger partial charge in [0.15, 0.2) is 0 Å². The third-order valence-electron chi connectivity index (χ3n) is 1.73. The van der Waals surface area contributed by atoms with Crippen molar-refractivity contribution in [1.29, 1.82) is 0 Å². The molecule has 0 unspecified atom stereocenters. The van der Waals surface area contributed by atoms with Crippen molar-refractivity contribution in [2.45, 2.75) is 34.6 Å². The van der Waals surface area contributed by atoms with Crippen LogP contribution in [0.15, 0.2) is 24.5 Å². The van der Waals surface area contributed by atoms with E-state index in [4.69, 9.17) is 10.8 Å². The van der Waals surface area contributed by atoms with Crippen LogP contribution < -0.4 is 5.73 Å². The summed E-state index contributed by atoms with van der Waals surface area (Å²) < 4.78 is 0. The van der Waals surface area contributed by atoms with Crippen LogP contribution in [-0.2, 0) is 0 Å². The van der Waals surface area contributed by atoms with Crippen molar-refractivity contribution in [3.63, 3.8) is 0 Å². The van der Waals surface area contributed by atoms with Gasteiger partial charge < -0.3 is 15.7 Å². The lowest BCUT2D eigenvalue weighted by molar-refractivity contribution is 0.227. The van der Waals surface area contributed by atoms with Crippen LogP contribution in [0.3, 0.4) is 0 Å². The van der Waals surface area contributed by atoms with Crippen LogP contribution in [0.4, 0.5) is 5.69 Å². The zero-order valence-electron chi connectivity index (χ0n) is 12.8. The number of hydrogen-bond donors (Lipinski definition) is 2. The number of nitrogens with two attached hydrogens (primary N) is 1. The van der Waals surface area contributed by atoms with Crippen molar-refractivity contribution in [3.8, 4) is 0 Å². The minimum atomic E-state index is 0.268. The highest BCUT2D eigenvalue weighted by atomic mass is 16.3. The first-order chi connectivity index (χ1) is 8.70. The molecule has 0 saturated carbocycles. The summed E-state index contributed by atoms with van der Waals surface area (Å²) in [7, 11) is 1.98. The summed E-state index contributed by atoms with van der Waals surface area (Å²) in [6.07, 6.45) is 3.32. The first kappa shape index (κ1) is 22.1. The molecular weight excluding hydrogens is 226 g/mol. The molecule has 0 aliphatic carbocycles. The molecule has 4 nitrogen and oxygen atoms in total. The van der Waals surface area contributed by atoms with E-state index in [-0.39, 0.29) is 6.61 Å². The molecule has 1 rings (SSSR count). The molecule has 18 heavy (non-hydrogen) atoms. The van der Waals surface area contributed by atoms with Crippen molar-refractivity contribution in [1.82, 2.24) is 9.88 Å². The molecule has 1 heterocycles. The van der Waals surface area contributed by atoms with Gasteiger partial charge in [0.05, 0.1) is 6.61 Å². The van der Waals surface area contributed by atoms with E-state index in [1.165, 1.54) is 0 Å². The second-order valence-corrected chi connectivity index (χ2v) is 2.90. The summed E-state index contributed by atoms with van der Waals surface area (Å²) in [6.45, 7) is 12.1. The maximum Gasteiger partial charge on any atom is 0.0558 e. The average Bonchev–Trinajstić information content (AvgIpc) is 2.45. The lowest BCUT2D eigenvalue weighted by Crippen LogP contribution is -2.20. The topological polar surface area (TPSA) is 62.4 Å². The van der Waals surface area contributed by atoms with Crippen molar-refractivity contribution in [2.75, 3.05) is 32.5 Å². The minimum absolute atomic E-state index is 0.268. The van der Waals surface area contributed by atoms with E-state index in [0.29, 0.717) is 0 Å². The van der Waals surface area contributed by atoms with Crippen LogP contribution in [0, 0.1) is 0 Å². The van der Waals surface area contributed by atoms with Gasteiger partial charge >= 0.3 is 0 Å². The SMILES string of the molecule is CC.CC.CCN(C)CCO.Nc1ccncc1. The quantitative estimate of drug-likeness (QED) is 0.874. The van der Waals surface area contributed by atoms with Crippen LogP contribution in [0.2, 0.25) is 0 Å². The second kappa shape index (κ2) is 21.2. The fourth-order valence-corrected chi connectivity index (χ4v) is 0.692. The summed E-state index contributed by atoms with van der Waals surface area (Å²) in [5.74, 6) is 0. The van der Waals surface area contributed by atoms with Crippen molar-refractivity contribution < 1.29 is 5.11 Å². The van der Waals surface area contributed by atoms with E-state index in [2.05, 4.69) is 16.8 Å². The molecule has 0 spiro atoms. The number of hydrogen-bond acceptors (Lipinski definition) is 4. The van der Waals surface area contributed by atoms with E-state index in [1.807, 2.05) is 34.7 Å². The van der Waals surface area contributed by atoms with Gasteiger partial charge in [0.25, 0.3) is 0 Å². The van der Waals surface area contributed by atoms with Gasteiger partial charge in [-0.3, -0.25) is 4.98 Å². The van der Waals surface area contributed by atoms with Crippen LogP contribution in [0.1, 0.15) is 34.6 Å². The molecule has 108 valence electrons. The Morgan fingerprint density at radius 2 is 1.61 bits per heavy atom. The molecule has 0 fully saturated rings. The van der Waals surface area contributed by atoms with Crippen molar-refractivity contribution >= 4 is 5.69 Å². The van der Waals surface area contributed by atoms with E-state index in [1.54, 1.807) is 24.5 Å². The summed E-state index contributed by atoms with van der Waals surface area (Å²) in [4.78, 5) is 5.82. The Hall–Kier alpha value is -1.13. The number of rotatable bonds is 3.